The molecule has 2 aliphatic rings. The Balaban J connectivity index is 2.10. The predicted octanol–water partition coefficient (Wildman–Crippen LogP) is 3.83. The van der Waals surface area contributed by atoms with Crippen LogP contribution in [0.25, 0.3) is 0 Å². The van der Waals surface area contributed by atoms with Crippen LogP contribution in [0.1, 0.15) is 23.5 Å². The van der Waals surface area contributed by atoms with Crippen molar-refractivity contribution in [2.24, 2.45) is 5.92 Å². The molecule has 1 fully saturated rings. The SMILES string of the molecule is BrC1(Br)[C@@H]2CCc3ccccc3[C@H]21. The lowest BCUT2D eigenvalue weighted by Gasteiger charge is -2.12. The summed E-state index contributed by atoms with van der Waals surface area (Å²) in [6, 6.07) is 8.83. The Morgan fingerprint density at radius 2 is 2.00 bits per heavy atom. The number of fused-ring (bicyclic) bond motifs is 3. The fourth-order valence-corrected chi connectivity index (χ4v) is 4.40. The number of benzene rings is 1. The van der Waals surface area contributed by atoms with Crippen molar-refractivity contribution in [1.82, 2.24) is 0 Å². The fraction of sp³-hybridized carbons (Fsp3) is 0.455. The standard InChI is InChI=1S/C11H10Br2/c12-11(13)9-6-5-7-3-1-2-4-8(7)10(9)11/h1-4,9-10H,5-6H2/t9-,10-/m1/s1. The van der Waals surface area contributed by atoms with Crippen molar-refractivity contribution in [3.63, 3.8) is 0 Å². The second kappa shape index (κ2) is 2.60. The van der Waals surface area contributed by atoms with Crippen molar-refractivity contribution in [2.45, 2.75) is 22.0 Å². The number of alkyl halides is 2. The Morgan fingerprint density at radius 1 is 1.23 bits per heavy atom. The van der Waals surface area contributed by atoms with Gasteiger partial charge in [-0.05, 0) is 29.9 Å². The predicted molar refractivity (Wildman–Crippen MR) is 61.6 cm³/mol. The monoisotopic (exact) mass is 300 g/mol. The van der Waals surface area contributed by atoms with E-state index in [1.165, 1.54) is 12.8 Å². The van der Waals surface area contributed by atoms with Gasteiger partial charge in [-0.3, -0.25) is 0 Å². The third kappa shape index (κ3) is 1.08. The lowest BCUT2D eigenvalue weighted by Crippen LogP contribution is -2.00. The second-order valence-corrected chi connectivity index (χ2v) is 7.68. The molecule has 0 heterocycles. The quantitative estimate of drug-likeness (QED) is 0.639. The van der Waals surface area contributed by atoms with Crippen LogP contribution in [0.4, 0.5) is 0 Å². The third-order valence-corrected chi connectivity index (χ3v) is 5.48. The van der Waals surface area contributed by atoms with Gasteiger partial charge < -0.3 is 0 Å². The molecule has 2 heteroatoms. The van der Waals surface area contributed by atoms with E-state index in [-0.39, 0.29) is 3.23 Å². The van der Waals surface area contributed by atoms with Crippen molar-refractivity contribution in [3.8, 4) is 0 Å². The first-order valence-corrected chi connectivity index (χ1v) is 6.25. The van der Waals surface area contributed by atoms with E-state index in [1.54, 1.807) is 11.1 Å². The van der Waals surface area contributed by atoms with Crippen LogP contribution in [-0.2, 0) is 6.42 Å². The van der Waals surface area contributed by atoms with E-state index in [0.29, 0.717) is 5.92 Å². The number of halogens is 2. The molecular formula is C11H10Br2. The number of hydrogen-bond donors (Lipinski definition) is 0. The Labute approximate surface area is 95.0 Å². The molecule has 0 spiro atoms. The van der Waals surface area contributed by atoms with Crippen molar-refractivity contribution >= 4 is 31.9 Å². The van der Waals surface area contributed by atoms with Crippen LogP contribution in [0.2, 0.25) is 0 Å². The molecule has 13 heavy (non-hydrogen) atoms. The molecule has 0 radical (unpaired) electrons. The van der Waals surface area contributed by atoms with Crippen molar-refractivity contribution in [3.05, 3.63) is 35.4 Å². The van der Waals surface area contributed by atoms with Crippen molar-refractivity contribution in [2.75, 3.05) is 0 Å². The fourth-order valence-electron chi connectivity index (χ4n) is 2.55. The Morgan fingerprint density at radius 3 is 2.85 bits per heavy atom. The zero-order chi connectivity index (χ0) is 9.05. The summed E-state index contributed by atoms with van der Waals surface area (Å²) in [5.74, 6) is 1.51. The first-order valence-electron chi connectivity index (χ1n) is 4.67. The van der Waals surface area contributed by atoms with Gasteiger partial charge >= 0.3 is 0 Å². The van der Waals surface area contributed by atoms with Crippen LogP contribution in [0.5, 0.6) is 0 Å². The summed E-state index contributed by atoms with van der Waals surface area (Å²) in [4.78, 5) is 0. The smallest absolute Gasteiger partial charge is 0.0717 e. The van der Waals surface area contributed by atoms with Crippen LogP contribution >= 0.6 is 31.9 Å². The van der Waals surface area contributed by atoms with Gasteiger partial charge in [0.05, 0.1) is 3.23 Å². The average Bonchev–Trinajstić information content (AvgIpc) is 2.70. The molecule has 0 saturated heterocycles. The minimum absolute atomic E-state index is 0.215. The maximum Gasteiger partial charge on any atom is 0.0911 e. The Hall–Kier alpha value is 0.180. The summed E-state index contributed by atoms with van der Waals surface area (Å²) >= 11 is 7.53. The zero-order valence-corrected chi connectivity index (χ0v) is 10.3. The van der Waals surface area contributed by atoms with E-state index in [0.717, 1.165) is 5.92 Å². The number of rotatable bonds is 0. The third-order valence-electron chi connectivity index (χ3n) is 3.32. The maximum atomic E-state index is 3.77. The lowest BCUT2D eigenvalue weighted by molar-refractivity contribution is 0.667. The average molecular weight is 302 g/mol. The van der Waals surface area contributed by atoms with E-state index in [2.05, 4.69) is 56.1 Å². The molecule has 0 unspecified atom stereocenters. The minimum Gasteiger partial charge on any atom is -0.0717 e. The van der Waals surface area contributed by atoms with Gasteiger partial charge in [0.25, 0.3) is 0 Å². The number of hydrogen-bond acceptors (Lipinski definition) is 0. The molecule has 1 aromatic rings. The highest BCUT2D eigenvalue weighted by molar-refractivity contribution is 9.25. The highest BCUT2D eigenvalue weighted by Crippen LogP contribution is 2.70. The van der Waals surface area contributed by atoms with Crippen molar-refractivity contribution < 1.29 is 0 Å². The van der Waals surface area contributed by atoms with Gasteiger partial charge in [0.1, 0.15) is 0 Å². The zero-order valence-electron chi connectivity index (χ0n) is 7.13. The summed E-state index contributed by atoms with van der Waals surface area (Å²) in [6.07, 6.45) is 2.56. The first kappa shape index (κ1) is 8.49. The largest absolute Gasteiger partial charge is 0.0911 e. The first-order chi connectivity index (χ1) is 6.21. The highest BCUT2D eigenvalue weighted by atomic mass is 79.9. The van der Waals surface area contributed by atoms with Gasteiger partial charge in [0, 0.05) is 5.92 Å². The molecule has 2 atom stereocenters. The molecule has 1 aromatic carbocycles. The molecule has 0 N–H and O–H groups in total. The van der Waals surface area contributed by atoms with Gasteiger partial charge in [0.15, 0.2) is 0 Å². The van der Waals surface area contributed by atoms with E-state index >= 15 is 0 Å². The van der Waals surface area contributed by atoms with E-state index in [1.807, 2.05) is 0 Å². The second-order valence-electron chi connectivity index (χ2n) is 4.00. The van der Waals surface area contributed by atoms with Crippen LogP contribution in [0, 0.1) is 5.92 Å². The molecule has 0 aliphatic heterocycles. The van der Waals surface area contributed by atoms with Gasteiger partial charge in [-0.25, -0.2) is 0 Å². The van der Waals surface area contributed by atoms with Gasteiger partial charge in [-0.15, -0.1) is 0 Å². The highest BCUT2D eigenvalue weighted by Gasteiger charge is 2.63. The van der Waals surface area contributed by atoms with Crippen LogP contribution in [0.15, 0.2) is 24.3 Å². The molecular weight excluding hydrogens is 292 g/mol. The normalized spacial score (nSPS) is 33.4. The maximum absolute atomic E-state index is 3.77. The van der Waals surface area contributed by atoms with E-state index in [9.17, 15) is 0 Å². The van der Waals surface area contributed by atoms with Gasteiger partial charge in [-0.2, -0.15) is 0 Å². The molecule has 2 aliphatic carbocycles. The van der Waals surface area contributed by atoms with Crippen LogP contribution in [-0.4, -0.2) is 3.23 Å². The summed E-state index contributed by atoms with van der Waals surface area (Å²) in [5, 5.41) is 0. The summed E-state index contributed by atoms with van der Waals surface area (Å²) < 4.78 is 0.215. The van der Waals surface area contributed by atoms with E-state index in [4.69, 9.17) is 0 Å². The molecule has 68 valence electrons. The Kier molecular flexibility index (Phi) is 1.70. The molecule has 0 amide bonds. The van der Waals surface area contributed by atoms with Gasteiger partial charge in [-0.1, -0.05) is 56.1 Å². The number of aryl methyl sites for hydroxylation is 1. The van der Waals surface area contributed by atoms with Crippen LogP contribution in [0.3, 0.4) is 0 Å². The van der Waals surface area contributed by atoms with Gasteiger partial charge in [0.2, 0.25) is 0 Å². The molecule has 1 saturated carbocycles. The topological polar surface area (TPSA) is 0 Å². The summed E-state index contributed by atoms with van der Waals surface area (Å²) in [5.41, 5.74) is 3.09. The Bertz CT molecular complexity index is 357. The molecule has 3 rings (SSSR count). The lowest BCUT2D eigenvalue weighted by atomic mass is 9.92. The molecule has 0 aromatic heterocycles. The molecule has 0 bridgehead atoms. The van der Waals surface area contributed by atoms with Crippen molar-refractivity contribution in [1.29, 1.82) is 0 Å². The van der Waals surface area contributed by atoms with E-state index < -0.39 is 0 Å². The van der Waals surface area contributed by atoms with Crippen LogP contribution < -0.4 is 0 Å². The summed E-state index contributed by atoms with van der Waals surface area (Å²) in [6.45, 7) is 0. The molecule has 0 nitrogen and oxygen atoms in total. The minimum atomic E-state index is 0.215. The summed E-state index contributed by atoms with van der Waals surface area (Å²) in [7, 11) is 0.